The first kappa shape index (κ1) is 16.9. The van der Waals surface area contributed by atoms with Crippen molar-refractivity contribution in [1.82, 2.24) is 4.90 Å². The highest BCUT2D eigenvalue weighted by molar-refractivity contribution is 4.69. The molecule has 0 N–H and O–H groups in total. The van der Waals surface area contributed by atoms with E-state index in [0.717, 1.165) is 31.7 Å². The lowest BCUT2D eigenvalue weighted by Gasteiger charge is -2.28. The summed E-state index contributed by atoms with van der Waals surface area (Å²) in [5.41, 5.74) is 0. The molecule has 0 aromatic carbocycles. The Hall–Kier alpha value is -0.120. The standard InChI is InChI=1S/C8H17NO.C8H16O/c1-3-10-8-4-6-9(2)7-5-8;1-7(2)8-3-5-9-6-4-8/h8H,3-7H2,1-2H3;7-8H,3-6H2,1-2H3. The fourth-order valence-corrected chi connectivity index (χ4v) is 2.77. The summed E-state index contributed by atoms with van der Waals surface area (Å²) in [4.78, 5) is 2.36. The van der Waals surface area contributed by atoms with E-state index in [4.69, 9.17) is 9.47 Å². The van der Waals surface area contributed by atoms with Crippen LogP contribution in [-0.2, 0) is 9.47 Å². The predicted octanol–water partition coefficient (Wildman–Crippen LogP) is 3.19. The predicted molar refractivity (Wildman–Crippen MR) is 80.5 cm³/mol. The van der Waals surface area contributed by atoms with Crippen LogP contribution in [0.2, 0.25) is 0 Å². The van der Waals surface area contributed by atoms with E-state index < -0.39 is 0 Å². The molecule has 2 saturated heterocycles. The molecule has 0 radical (unpaired) electrons. The van der Waals surface area contributed by atoms with Gasteiger partial charge in [-0.3, -0.25) is 0 Å². The molecular weight excluding hydrogens is 238 g/mol. The topological polar surface area (TPSA) is 21.7 Å². The number of ether oxygens (including phenoxy) is 2. The van der Waals surface area contributed by atoms with Gasteiger partial charge in [0.15, 0.2) is 0 Å². The highest BCUT2D eigenvalue weighted by Gasteiger charge is 2.16. The smallest absolute Gasteiger partial charge is 0.0599 e. The highest BCUT2D eigenvalue weighted by Crippen LogP contribution is 2.22. The van der Waals surface area contributed by atoms with Crippen molar-refractivity contribution in [3.8, 4) is 0 Å². The lowest BCUT2D eigenvalue weighted by molar-refractivity contribution is 0.0197. The van der Waals surface area contributed by atoms with Crippen molar-refractivity contribution < 1.29 is 9.47 Å². The van der Waals surface area contributed by atoms with Gasteiger partial charge in [-0.2, -0.15) is 0 Å². The largest absolute Gasteiger partial charge is 0.381 e. The van der Waals surface area contributed by atoms with Crippen molar-refractivity contribution in [1.29, 1.82) is 0 Å². The van der Waals surface area contributed by atoms with E-state index in [1.807, 2.05) is 0 Å². The Bertz CT molecular complexity index is 207. The zero-order valence-corrected chi connectivity index (χ0v) is 13.4. The third kappa shape index (κ3) is 7.28. The second-order valence-electron chi connectivity index (χ2n) is 6.15. The van der Waals surface area contributed by atoms with Crippen LogP contribution in [0, 0.1) is 11.8 Å². The normalized spacial score (nSPS) is 23.2. The van der Waals surface area contributed by atoms with Gasteiger partial charge in [0.05, 0.1) is 6.10 Å². The summed E-state index contributed by atoms with van der Waals surface area (Å²) in [6.07, 6.45) is 5.52. The van der Waals surface area contributed by atoms with E-state index in [2.05, 4.69) is 32.7 Å². The molecule has 0 aliphatic carbocycles. The second kappa shape index (κ2) is 9.73. The van der Waals surface area contributed by atoms with Gasteiger partial charge in [0.25, 0.3) is 0 Å². The average Bonchev–Trinajstić information content (AvgIpc) is 2.43. The number of rotatable bonds is 3. The van der Waals surface area contributed by atoms with Crippen molar-refractivity contribution in [3.63, 3.8) is 0 Å². The summed E-state index contributed by atoms with van der Waals surface area (Å²) >= 11 is 0. The van der Waals surface area contributed by atoms with Crippen molar-refractivity contribution in [2.75, 3.05) is 40.0 Å². The minimum Gasteiger partial charge on any atom is -0.381 e. The molecule has 0 bridgehead atoms. The maximum absolute atomic E-state index is 5.50. The van der Waals surface area contributed by atoms with E-state index in [9.17, 15) is 0 Å². The lowest BCUT2D eigenvalue weighted by atomic mass is 9.89. The van der Waals surface area contributed by atoms with Crippen LogP contribution in [0.15, 0.2) is 0 Å². The maximum Gasteiger partial charge on any atom is 0.0599 e. The van der Waals surface area contributed by atoms with Gasteiger partial charge >= 0.3 is 0 Å². The van der Waals surface area contributed by atoms with E-state index >= 15 is 0 Å². The maximum atomic E-state index is 5.50. The molecule has 0 unspecified atom stereocenters. The van der Waals surface area contributed by atoms with Crippen LogP contribution in [-0.4, -0.2) is 51.0 Å². The minimum atomic E-state index is 0.543. The molecule has 0 spiro atoms. The Kier molecular flexibility index (Phi) is 8.67. The Morgan fingerprint density at radius 3 is 2.11 bits per heavy atom. The fourth-order valence-electron chi connectivity index (χ4n) is 2.77. The van der Waals surface area contributed by atoms with Crippen LogP contribution >= 0.6 is 0 Å². The molecule has 2 aliphatic heterocycles. The zero-order chi connectivity index (χ0) is 14.1. The van der Waals surface area contributed by atoms with Crippen LogP contribution in [0.1, 0.15) is 46.5 Å². The summed E-state index contributed by atoms with van der Waals surface area (Å²) in [6.45, 7) is 11.9. The summed E-state index contributed by atoms with van der Waals surface area (Å²) in [7, 11) is 2.17. The summed E-state index contributed by atoms with van der Waals surface area (Å²) < 4.78 is 10.8. The van der Waals surface area contributed by atoms with Crippen molar-refractivity contribution in [2.24, 2.45) is 11.8 Å². The fraction of sp³-hybridized carbons (Fsp3) is 1.00. The third-order valence-electron chi connectivity index (χ3n) is 4.28. The first-order chi connectivity index (χ1) is 9.13. The van der Waals surface area contributed by atoms with E-state index in [1.54, 1.807) is 0 Å². The molecule has 2 heterocycles. The first-order valence-corrected chi connectivity index (χ1v) is 8.01. The van der Waals surface area contributed by atoms with Crippen LogP contribution in [0.5, 0.6) is 0 Å². The van der Waals surface area contributed by atoms with E-state index in [1.165, 1.54) is 38.8 Å². The van der Waals surface area contributed by atoms with Gasteiger partial charge in [0.1, 0.15) is 0 Å². The average molecular weight is 271 g/mol. The summed E-state index contributed by atoms with van der Waals surface area (Å²) in [5.74, 6) is 1.78. The number of nitrogens with zero attached hydrogens (tertiary/aromatic N) is 1. The molecular formula is C16H33NO2. The number of hydrogen-bond acceptors (Lipinski definition) is 3. The molecule has 0 amide bonds. The van der Waals surface area contributed by atoms with Crippen LogP contribution in [0.3, 0.4) is 0 Å². The molecule has 0 atom stereocenters. The summed E-state index contributed by atoms with van der Waals surface area (Å²) in [6, 6.07) is 0. The summed E-state index contributed by atoms with van der Waals surface area (Å²) in [5, 5.41) is 0. The van der Waals surface area contributed by atoms with Crippen molar-refractivity contribution in [3.05, 3.63) is 0 Å². The number of hydrogen-bond donors (Lipinski definition) is 0. The SMILES string of the molecule is CC(C)C1CCOCC1.CCOC1CCN(C)CC1. The number of likely N-dealkylation sites (tertiary alicyclic amines) is 1. The molecule has 2 rings (SSSR count). The monoisotopic (exact) mass is 271 g/mol. The third-order valence-corrected chi connectivity index (χ3v) is 4.28. The molecule has 3 nitrogen and oxygen atoms in total. The highest BCUT2D eigenvalue weighted by atomic mass is 16.5. The zero-order valence-electron chi connectivity index (χ0n) is 13.4. The minimum absolute atomic E-state index is 0.543. The number of piperidine rings is 1. The Morgan fingerprint density at radius 2 is 1.68 bits per heavy atom. The molecule has 2 fully saturated rings. The molecule has 2 aliphatic rings. The van der Waals surface area contributed by atoms with Crippen molar-refractivity contribution in [2.45, 2.75) is 52.6 Å². The Labute approximate surface area is 119 Å². The molecule has 0 aromatic heterocycles. The molecule has 114 valence electrons. The van der Waals surface area contributed by atoms with Gasteiger partial charge < -0.3 is 14.4 Å². The molecule has 3 heteroatoms. The Morgan fingerprint density at radius 1 is 1.11 bits per heavy atom. The second-order valence-corrected chi connectivity index (χ2v) is 6.15. The van der Waals surface area contributed by atoms with Crippen molar-refractivity contribution >= 4 is 0 Å². The van der Waals surface area contributed by atoms with Gasteiger partial charge in [0.2, 0.25) is 0 Å². The molecule has 0 aromatic rings. The van der Waals surface area contributed by atoms with Gasteiger partial charge in [-0.15, -0.1) is 0 Å². The van der Waals surface area contributed by atoms with Gasteiger partial charge in [-0.1, -0.05) is 13.8 Å². The van der Waals surface area contributed by atoms with Crippen LogP contribution in [0.4, 0.5) is 0 Å². The van der Waals surface area contributed by atoms with E-state index in [-0.39, 0.29) is 0 Å². The van der Waals surface area contributed by atoms with Gasteiger partial charge in [-0.05, 0) is 51.5 Å². The lowest BCUT2D eigenvalue weighted by Crippen LogP contribution is -2.34. The quantitative estimate of drug-likeness (QED) is 0.787. The molecule has 19 heavy (non-hydrogen) atoms. The van der Waals surface area contributed by atoms with Gasteiger partial charge in [0, 0.05) is 32.9 Å². The van der Waals surface area contributed by atoms with Crippen LogP contribution in [0.25, 0.3) is 0 Å². The van der Waals surface area contributed by atoms with Crippen LogP contribution < -0.4 is 0 Å². The Balaban J connectivity index is 0.000000191. The first-order valence-electron chi connectivity index (χ1n) is 8.01. The van der Waals surface area contributed by atoms with E-state index in [0.29, 0.717) is 6.10 Å². The van der Waals surface area contributed by atoms with Gasteiger partial charge in [-0.25, -0.2) is 0 Å². The molecule has 0 saturated carbocycles.